The van der Waals surface area contributed by atoms with Crippen molar-refractivity contribution in [1.82, 2.24) is 4.98 Å². The van der Waals surface area contributed by atoms with Crippen LogP contribution in [-0.4, -0.2) is 23.2 Å². The van der Waals surface area contributed by atoms with Gasteiger partial charge in [0.2, 0.25) is 0 Å². The van der Waals surface area contributed by atoms with Gasteiger partial charge in [0.25, 0.3) is 0 Å². The van der Waals surface area contributed by atoms with Crippen LogP contribution in [0.15, 0.2) is 35.5 Å². The number of ether oxygens (including phenoxy) is 1. The van der Waals surface area contributed by atoms with Crippen molar-refractivity contribution in [3.05, 3.63) is 47.4 Å². The molecule has 2 unspecified atom stereocenters. The summed E-state index contributed by atoms with van der Waals surface area (Å²) in [7, 11) is 1.41. The quantitative estimate of drug-likeness (QED) is 0.251. The summed E-state index contributed by atoms with van der Waals surface area (Å²) in [5.74, 6) is 7.20. The zero-order valence-corrected chi connectivity index (χ0v) is 21.0. The molecule has 1 aromatic heterocycles. The first-order valence-electron chi connectivity index (χ1n) is 12.5. The molecule has 0 amide bonds. The number of hydrogen-bond donors (Lipinski definition) is 2. The third-order valence-corrected chi connectivity index (χ3v) is 8.04. The Morgan fingerprint density at radius 1 is 1.09 bits per heavy atom. The Labute approximate surface area is 211 Å². The third kappa shape index (κ3) is 6.91. The lowest BCUT2D eigenvalue weighted by Gasteiger charge is -2.29. The van der Waals surface area contributed by atoms with Gasteiger partial charge >= 0.3 is 5.97 Å². The van der Waals surface area contributed by atoms with Crippen LogP contribution >= 0.6 is 11.9 Å². The van der Waals surface area contributed by atoms with Gasteiger partial charge in [0, 0.05) is 35.7 Å². The van der Waals surface area contributed by atoms with E-state index in [4.69, 9.17) is 9.84 Å². The molecule has 1 heterocycles. The van der Waals surface area contributed by atoms with E-state index in [0.29, 0.717) is 16.6 Å². The Morgan fingerprint density at radius 2 is 1.86 bits per heavy atom. The number of anilines is 1. The minimum absolute atomic E-state index is 0.243. The third-order valence-electron chi connectivity index (χ3n) is 7.27. The summed E-state index contributed by atoms with van der Waals surface area (Å²) in [6, 6.07) is 6.08. The van der Waals surface area contributed by atoms with Crippen molar-refractivity contribution < 1.29 is 19.0 Å². The maximum atomic E-state index is 14.1. The highest BCUT2D eigenvalue weighted by molar-refractivity contribution is 8.00. The average molecular weight is 497 g/mol. The monoisotopic (exact) mass is 496 g/mol. The van der Waals surface area contributed by atoms with Crippen molar-refractivity contribution in [2.45, 2.75) is 69.2 Å². The largest absolute Gasteiger partial charge is 0.495 e. The molecule has 7 heteroatoms. The molecule has 4 rings (SSSR count). The summed E-state index contributed by atoms with van der Waals surface area (Å²) in [5, 5.41) is 9.76. The summed E-state index contributed by atoms with van der Waals surface area (Å²) in [4.78, 5) is 15.6. The average Bonchev–Trinajstić information content (AvgIpc) is 3.13. The van der Waals surface area contributed by atoms with Crippen molar-refractivity contribution in [2.24, 2.45) is 17.8 Å². The van der Waals surface area contributed by atoms with Crippen molar-refractivity contribution in [1.29, 1.82) is 0 Å². The number of nitrogens with zero attached hydrogens (tertiary/aromatic N) is 1. The van der Waals surface area contributed by atoms with Gasteiger partial charge in [-0.15, -0.1) is 0 Å². The summed E-state index contributed by atoms with van der Waals surface area (Å²) < 4.78 is 22.2. The first-order valence-corrected chi connectivity index (χ1v) is 13.4. The van der Waals surface area contributed by atoms with Crippen molar-refractivity contribution in [3.8, 4) is 17.6 Å². The summed E-state index contributed by atoms with van der Waals surface area (Å²) in [6.07, 6.45) is 15.3. The number of carbonyl (C=O) groups is 1. The van der Waals surface area contributed by atoms with E-state index < -0.39 is 17.3 Å². The van der Waals surface area contributed by atoms with Crippen LogP contribution < -0.4 is 9.46 Å². The molecule has 2 saturated carbocycles. The van der Waals surface area contributed by atoms with E-state index in [2.05, 4.69) is 21.5 Å². The Bertz CT molecular complexity index is 1070. The molecule has 0 bridgehead atoms. The highest BCUT2D eigenvalue weighted by atomic mass is 32.2. The number of nitrogens with one attached hydrogen (secondary N) is 1. The lowest BCUT2D eigenvalue weighted by molar-refractivity contribution is 0.0691. The predicted octanol–water partition coefficient (Wildman–Crippen LogP) is 7.18. The zero-order valence-electron chi connectivity index (χ0n) is 20.2. The fourth-order valence-electron chi connectivity index (χ4n) is 5.32. The van der Waals surface area contributed by atoms with Gasteiger partial charge in [-0.3, -0.25) is 0 Å². The van der Waals surface area contributed by atoms with Crippen molar-refractivity contribution in [3.63, 3.8) is 0 Å². The maximum absolute atomic E-state index is 14.1. The van der Waals surface area contributed by atoms with Crippen LogP contribution in [0.4, 0.5) is 10.1 Å². The molecule has 186 valence electrons. The highest BCUT2D eigenvalue weighted by Crippen LogP contribution is 2.38. The van der Waals surface area contributed by atoms with E-state index in [1.807, 2.05) is 12.1 Å². The molecule has 2 aliphatic rings. The standard InChI is InChI=1S/C28H33FN2O3S/c1-34-26-16-23(28(32)33)24(29)17-25(26)31-35-27-15-13-20(18-30-27)11-10-19-6-5-9-22(14-12-19)21-7-3-2-4-8-21/h13,15-19,21-22,31H,2-9,12,14H2,1H3,(H,32,33). The number of benzene rings is 1. The fraction of sp³-hybridized carbons (Fsp3) is 0.500. The van der Waals surface area contributed by atoms with Gasteiger partial charge in [0.05, 0.1) is 18.4 Å². The SMILES string of the molecule is COc1cc(C(=O)O)c(F)cc1NSc1ccc(C#CC2CCCC(C3CCCCC3)CC2)cn1. The maximum Gasteiger partial charge on any atom is 0.338 e. The molecule has 0 radical (unpaired) electrons. The molecule has 2 aromatic rings. The van der Waals surface area contributed by atoms with Gasteiger partial charge in [-0.25, -0.2) is 14.2 Å². The van der Waals surface area contributed by atoms with Crippen LogP contribution in [-0.2, 0) is 0 Å². The van der Waals surface area contributed by atoms with E-state index in [1.165, 1.54) is 83.3 Å². The van der Waals surface area contributed by atoms with Crippen LogP contribution in [0.25, 0.3) is 0 Å². The number of halogens is 1. The first-order chi connectivity index (χ1) is 17.0. The van der Waals surface area contributed by atoms with Crippen LogP contribution in [0, 0.1) is 35.4 Å². The molecule has 5 nitrogen and oxygen atoms in total. The molecule has 35 heavy (non-hydrogen) atoms. The molecule has 2 fully saturated rings. The molecule has 1 aromatic carbocycles. The molecule has 0 saturated heterocycles. The van der Waals surface area contributed by atoms with Gasteiger partial charge in [0.1, 0.15) is 16.6 Å². The molecule has 2 aliphatic carbocycles. The minimum atomic E-state index is -1.34. The summed E-state index contributed by atoms with van der Waals surface area (Å²) in [6.45, 7) is 0. The fourth-order valence-corrected chi connectivity index (χ4v) is 5.94. The van der Waals surface area contributed by atoms with Crippen LogP contribution in [0.2, 0.25) is 0 Å². The van der Waals surface area contributed by atoms with Gasteiger partial charge in [-0.2, -0.15) is 0 Å². The number of carboxylic acids is 1. The Morgan fingerprint density at radius 3 is 2.57 bits per heavy atom. The number of hydrogen-bond acceptors (Lipinski definition) is 5. The second kappa shape index (κ2) is 12.3. The number of methoxy groups -OCH3 is 1. The number of aromatic carboxylic acids is 1. The number of rotatable bonds is 6. The van der Waals surface area contributed by atoms with Gasteiger partial charge in [0.15, 0.2) is 0 Å². The smallest absolute Gasteiger partial charge is 0.338 e. The lowest BCUT2D eigenvalue weighted by atomic mass is 9.77. The number of pyridine rings is 1. The van der Waals surface area contributed by atoms with E-state index >= 15 is 0 Å². The van der Waals surface area contributed by atoms with E-state index in [1.54, 1.807) is 6.20 Å². The number of carboxylic acid groups (broad SMARTS) is 1. The van der Waals surface area contributed by atoms with E-state index in [9.17, 15) is 9.18 Å². The molecular weight excluding hydrogens is 463 g/mol. The van der Waals surface area contributed by atoms with Crippen molar-refractivity contribution >= 4 is 23.6 Å². The Balaban J connectivity index is 1.31. The predicted molar refractivity (Wildman–Crippen MR) is 137 cm³/mol. The number of aromatic nitrogens is 1. The topological polar surface area (TPSA) is 71.5 Å². The normalized spacial score (nSPS) is 20.9. The molecule has 0 aliphatic heterocycles. The summed E-state index contributed by atoms with van der Waals surface area (Å²) in [5.41, 5.74) is 0.791. The summed E-state index contributed by atoms with van der Waals surface area (Å²) >= 11 is 1.19. The van der Waals surface area contributed by atoms with Crippen LogP contribution in [0.3, 0.4) is 0 Å². The van der Waals surface area contributed by atoms with Crippen LogP contribution in [0.5, 0.6) is 5.75 Å². The van der Waals surface area contributed by atoms with Gasteiger partial charge < -0.3 is 14.6 Å². The van der Waals surface area contributed by atoms with Gasteiger partial charge in [-0.1, -0.05) is 56.8 Å². The van der Waals surface area contributed by atoms with E-state index in [0.717, 1.165) is 29.5 Å². The molecule has 0 spiro atoms. The highest BCUT2D eigenvalue weighted by Gasteiger charge is 2.26. The zero-order chi connectivity index (χ0) is 24.6. The van der Waals surface area contributed by atoms with Crippen LogP contribution in [0.1, 0.15) is 80.1 Å². The first kappa shape index (κ1) is 25.4. The van der Waals surface area contributed by atoms with Crippen molar-refractivity contribution in [2.75, 3.05) is 11.8 Å². The Hall–Kier alpha value is -2.72. The Kier molecular flexibility index (Phi) is 8.92. The minimum Gasteiger partial charge on any atom is -0.495 e. The lowest BCUT2D eigenvalue weighted by Crippen LogP contribution is -2.17. The second-order valence-electron chi connectivity index (χ2n) is 9.56. The second-order valence-corrected chi connectivity index (χ2v) is 10.4. The molecule has 2 atom stereocenters. The molecule has 2 N–H and O–H groups in total. The van der Waals surface area contributed by atoms with Gasteiger partial charge in [-0.05, 0) is 49.3 Å². The van der Waals surface area contributed by atoms with E-state index in [-0.39, 0.29) is 5.75 Å². The molecular formula is C28H33FN2O3S.